The average molecular weight is 314 g/mol. The molecule has 1 heterocycles. The molecule has 1 N–H and O–H groups in total. The van der Waals surface area contributed by atoms with E-state index in [1.54, 1.807) is 12.5 Å². The minimum Gasteiger partial charge on any atom is -0.332 e. The first-order valence-electron chi connectivity index (χ1n) is 7.20. The molecule has 0 aliphatic rings. The molecule has 0 fully saturated rings. The molecule has 3 nitrogen and oxygen atoms in total. The Morgan fingerprint density at radius 1 is 1.45 bits per heavy atom. The molecular weight excluding hydrogens is 294 g/mol. The molecule has 0 amide bonds. The average Bonchev–Trinajstić information content (AvgIpc) is 2.93. The summed E-state index contributed by atoms with van der Waals surface area (Å²) in [5.74, 6) is 0. The van der Waals surface area contributed by atoms with E-state index < -0.39 is 0 Å². The van der Waals surface area contributed by atoms with Gasteiger partial charge in [-0.3, -0.25) is 5.41 Å². The van der Waals surface area contributed by atoms with Crippen LogP contribution in [0.3, 0.4) is 0 Å². The van der Waals surface area contributed by atoms with Crippen LogP contribution in [0.2, 0.25) is 5.02 Å². The van der Waals surface area contributed by atoms with Crippen LogP contribution in [-0.4, -0.2) is 15.3 Å². The van der Waals surface area contributed by atoms with Gasteiger partial charge in [-0.05, 0) is 43.0 Å². The van der Waals surface area contributed by atoms with Crippen molar-refractivity contribution in [3.63, 3.8) is 0 Å². The van der Waals surface area contributed by atoms with Crippen molar-refractivity contribution in [2.75, 3.05) is 0 Å². The Morgan fingerprint density at radius 2 is 2.23 bits per heavy atom. The van der Waals surface area contributed by atoms with Gasteiger partial charge in [0, 0.05) is 17.6 Å². The second-order valence-corrected chi connectivity index (χ2v) is 5.53. The van der Waals surface area contributed by atoms with Crippen LogP contribution in [0.1, 0.15) is 30.2 Å². The Labute approximate surface area is 136 Å². The normalized spacial score (nSPS) is 11.5. The molecule has 0 saturated carbocycles. The highest BCUT2D eigenvalue weighted by molar-refractivity contribution is 6.32. The predicted octanol–water partition coefficient (Wildman–Crippen LogP) is 4.66. The summed E-state index contributed by atoms with van der Waals surface area (Å²) in [7, 11) is 1.89. The SMILES string of the molecule is C=CCCc1ccc(Cl)cc1/C(=C\C)C(=N)c1cncn1C. The summed E-state index contributed by atoms with van der Waals surface area (Å²) in [5.41, 5.74) is 4.27. The molecule has 4 heteroatoms. The predicted molar refractivity (Wildman–Crippen MR) is 93.7 cm³/mol. The largest absolute Gasteiger partial charge is 0.332 e. The number of halogens is 1. The smallest absolute Gasteiger partial charge is 0.0948 e. The molecule has 0 saturated heterocycles. The van der Waals surface area contributed by atoms with Gasteiger partial charge in [0.2, 0.25) is 0 Å². The fourth-order valence-corrected chi connectivity index (χ4v) is 2.62. The van der Waals surface area contributed by atoms with Gasteiger partial charge in [0.05, 0.1) is 23.9 Å². The number of hydrogen-bond acceptors (Lipinski definition) is 2. The lowest BCUT2D eigenvalue weighted by Gasteiger charge is -2.15. The van der Waals surface area contributed by atoms with Crippen LogP contribution in [0.25, 0.3) is 5.57 Å². The van der Waals surface area contributed by atoms with Crippen molar-refractivity contribution in [2.45, 2.75) is 19.8 Å². The summed E-state index contributed by atoms with van der Waals surface area (Å²) in [5, 5.41) is 9.21. The summed E-state index contributed by atoms with van der Waals surface area (Å²) < 4.78 is 1.85. The van der Waals surface area contributed by atoms with E-state index in [9.17, 15) is 0 Å². The van der Waals surface area contributed by atoms with E-state index in [0.717, 1.165) is 29.7 Å². The van der Waals surface area contributed by atoms with Crippen molar-refractivity contribution >= 4 is 22.9 Å². The van der Waals surface area contributed by atoms with Gasteiger partial charge < -0.3 is 4.57 Å². The van der Waals surface area contributed by atoms with Gasteiger partial charge >= 0.3 is 0 Å². The first-order chi connectivity index (χ1) is 10.6. The van der Waals surface area contributed by atoms with E-state index in [0.29, 0.717) is 10.7 Å². The monoisotopic (exact) mass is 313 g/mol. The Kier molecular flexibility index (Phi) is 5.34. The van der Waals surface area contributed by atoms with Crippen molar-refractivity contribution in [3.8, 4) is 0 Å². The molecule has 0 atom stereocenters. The van der Waals surface area contributed by atoms with Gasteiger partial charge in [-0.1, -0.05) is 29.8 Å². The molecule has 1 aromatic carbocycles. The maximum Gasteiger partial charge on any atom is 0.0948 e. The summed E-state index contributed by atoms with van der Waals surface area (Å²) in [4.78, 5) is 4.10. The molecule has 0 aliphatic carbocycles. The number of nitrogens with one attached hydrogen (secondary N) is 1. The van der Waals surface area contributed by atoms with Crippen LogP contribution in [-0.2, 0) is 13.5 Å². The zero-order chi connectivity index (χ0) is 16.1. The molecule has 0 bridgehead atoms. The Bertz CT molecular complexity index is 726. The second kappa shape index (κ2) is 7.23. The van der Waals surface area contributed by atoms with Crippen LogP contribution in [0.5, 0.6) is 0 Å². The first-order valence-corrected chi connectivity index (χ1v) is 7.58. The minimum absolute atomic E-state index is 0.449. The fourth-order valence-electron chi connectivity index (χ4n) is 2.45. The van der Waals surface area contributed by atoms with Gasteiger partial charge in [0.15, 0.2) is 0 Å². The maximum atomic E-state index is 8.53. The Balaban J connectivity index is 2.47. The number of imidazole rings is 1. The molecule has 0 radical (unpaired) electrons. The van der Waals surface area contributed by atoms with E-state index in [4.69, 9.17) is 17.0 Å². The molecule has 0 spiro atoms. The van der Waals surface area contributed by atoms with Crippen molar-refractivity contribution in [3.05, 3.63) is 71.3 Å². The molecule has 0 aliphatic heterocycles. The van der Waals surface area contributed by atoms with E-state index in [2.05, 4.69) is 11.6 Å². The number of aromatic nitrogens is 2. The number of rotatable bonds is 6. The van der Waals surface area contributed by atoms with E-state index in [-0.39, 0.29) is 0 Å². The highest BCUT2D eigenvalue weighted by Gasteiger charge is 2.16. The molecule has 0 unspecified atom stereocenters. The van der Waals surface area contributed by atoms with E-state index in [1.165, 1.54) is 5.56 Å². The highest BCUT2D eigenvalue weighted by atomic mass is 35.5. The summed E-state index contributed by atoms with van der Waals surface area (Å²) >= 11 is 6.18. The topological polar surface area (TPSA) is 41.7 Å². The number of nitrogens with zero attached hydrogens (tertiary/aromatic N) is 2. The summed E-state index contributed by atoms with van der Waals surface area (Å²) in [6.45, 7) is 5.72. The third kappa shape index (κ3) is 3.37. The second-order valence-electron chi connectivity index (χ2n) is 5.10. The van der Waals surface area contributed by atoms with Crippen LogP contribution < -0.4 is 0 Å². The zero-order valence-corrected chi connectivity index (χ0v) is 13.7. The highest BCUT2D eigenvalue weighted by Crippen LogP contribution is 2.27. The van der Waals surface area contributed by atoms with Crippen molar-refractivity contribution in [2.24, 2.45) is 7.05 Å². The standard InChI is InChI=1S/C18H20ClN3/c1-4-6-7-13-8-9-14(19)10-16(13)15(5-2)18(20)17-11-21-12-22(17)3/h4-5,8-12,20H,1,6-7H2,2-3H3/b15-5+,20-18?. The van der Waals surface area contributed by atoms with Crippen molar-refractivity contribution < 1.29 is 0 Å². The van der Waals surface area contributed by atoms with Gasteiger partial charge in [-0.25, -0.2) is 4.98 Å². The number of aryl methyl sites for hydroxylation is 2. The molecule has 114 valence electrons. The van der Waals surface area contributed by atoms with Gasteiger partial charge in [-0.15, -0.1) is 6.58 Å². The van der Waals surface area contributed by atoms with Crippen molar-refractivity contribution in [1.82, 2.24) is 9.55 Å². The maximum absolute atomic E-state index is 8.53. The van der Waals surface area contributed by atoms with Crippen LogP contribution in [0.4, 0.5) is 0 Å². The number of hydrogen-bond donors (Lipinski definition) is 1. The lowest BCUT2D eigenvalue weighted by molar-refractivity contribution is 0.902. The van der Waals surface area contributed by atoms with Crippen LogP contribution in [0.15, 0.2) is 49.5 Å². The number of allylic oxidation sites excluding steroid dienone is 3. The van der Waals surface area contributed by atoms with Crippen molar-refractivity contribution in [1.29, 1.82) is 5.41 Å². The Hall–Kier alpha value is -2.13. The third-order valence-corrected chi connectivity index (χ3v) is 3.85. The van der Waals surface area contributed by atoms with Gasteiger partial charge in [0.25, 0.3) is 0 Å². The fraction of sp³-hybridized carbons (Fsp3) is 0.222. The molecular formula is C18H20ClN3. The zero-order valence-electron chi connectivity index (χ0n) is 12.9. The van der Waals surface area contributed by atoms with Crippen LogP contribution in [0, 0.1) is 5.41 Å². The van der Waals surface area contributed by atoms with E-state index in [1.807, 2.05) is 48.9 Å². The van der Waals surface area contributed by atoms with Gasteiger partial charge in [-0.2, -0.15) is 0 Å². The lowest BCUT2D eigenvalue weighted by atomic mass is 9.92. The molecule has 22 heavy (non-hydrogen) atoms. The first kappa shape index (κ1) is 16.2. The van der Waals surface area contributed by atoms with E-state index >= 15 is 0 Å². The number of benzene rings is 1. The molecule has 2 rings (SSSR count). The minimum atomic E-state index is 0.449. The molecule has 1 aromatic heterocycles. The molecule has 2 aromatic rings. The lowest BCUT2D eigenvalue weighted by Crippen LogP contribution is -2.09. The van der Waals surface area contributed by atoms with Gasteiger partial charge in [0.1, 0.15) is 0 Å². The third-order valence-electron chi connectivity index (χ3n) is 3.61. The van der Waals surface area contributed by atoms with Crippen LogP contribution >= 0.6 is 11.6 Å². The summed E-state index contributed by atoms with van der Waals surface area (Å²) in [6.07, 6.45) is 9.04. The quantitative estimate of drug-likeness (QED) is 0.611. The summed E-state index contributed by atoms with van der Waals surface area (Å²) in [6, 6.07) is 5.85. The Morgan fingerprint density at radius 3 is 2.82 bits per heavy atom.